The Labute approximate surface area is 62.2 Å². The van der Waals surface area contributed by atoms with Crippen LogP contribution in [0.25, 0.3) is 0 Å². The van der Waals surface area contributed by atoms with Crippen LogP contribution in [-0.4, -0.2) is 12.1 Å². The maximum Gasteiger partial charge on any atom is 0.0983 e. The predicted octanol–water partition coefficient (Wildman–Crippen LogP) is 1.29. The lowest BCUT2D eigenvalue weighted by molar-refractivity contribution is 0.492. The standard InChI is InChI=1S/C8H14N2/c1-6(2)10-8(5-9)7-3-4-7/h6-8,10H,3-4H2,1-2H3/t8-/m1/s1. The zero-order valence-corrected chi connectivity index (χ0v) is 6.59. The van der Waals surface area contributed by atoms with E-state index in [9.17, 15) is 0 Å². The zero-order chi connectivity index (χ0) is 7.56. The van der Waals surface area contributed by atoms with Crippen LogP contribution in [-0.2, 0) is 0 Å². The van der Waals surface area contributed by atoms with Gasteiger partial charge in [0.2, 0.25) is 0 Å². The lowest BCUT2D eigenvalue weighted by atomic mass is 10.2. The van der Waals surface area contributed by atoms with Crippen LogP contribution in [0.5, 0.6) is 0 Å². The fraction of sp³-hybridized carbons (Fsp3) is 0.875. The molecule has 0 amide bonds. The molecular formula is C8H14N2. The number of rotatable bonds is 3. The van der Waals surface area contributed by atoms with Crippen molar-refractivity contribution < 1.29 is 0 Å². The molecule has 1 fully saturated rings. The van der Waals surface area contributed by atoms with Gasteiger partial charge >= 0.3 is 0 Å². The molecule has 0 saturated heterocycles. The molecule has 0 aliphatic heterocycles. The molecule has 0 radical (unpaired) electrons. The van der Waals surface area contributed by atoms with E-state index in [0.717, 1.165) is 0 Å². The molecule has 1 saturated carbocycles. The van der Waals surface area contributed by atoms with Gasteiger partial charge in [0.05, 0.1) is 12.1 Å². The van der Waals surface area contributed by atoms with Crippen molar-refractivity contribution in [2.24, 2.45) is 5.92 Å². The van der Waals surface area contributed by atoms with Crippen molar-refractivity contribution in [1.82, 2.24) is 5.32 Å². The van der Waals surface area contributed by atoms with Crippen molar-refractivity contribution in [3.8, 4) is 6.07 Å². The molecule has 0 heterocycles. The normalized spacial score (nSPS) is 20.6. The van der Waals surface area contributed by atoms with Gasteiger partial charge in [-0.2, -0.15) is 5.26 Å². The number of nitrogens with one attached hydrogen (secondary N) is 1. The van der Waals surface area contributed by atoms with Gasteiger partial charge in [0, 0.05) is 6.04 Å². The number of nitriles is 1. The molecule has 1 aliphatic carbocycles. The highest BCUT2D eigenvalue weighted by Crippen LogP contribution is 2.32. The summed E-state index contributed by atoms with van der Waals surface area (Å²) in [5, 5.41) is 11.9. The fourth-order valence-electron chi connectivity index (χ4n) is 1.07. The Hall–Kier alpha value is -0.550. The lowest BCUT2D eigenvalue weighted by Crippen LogP contribution is -2.35. The molecule has 1 atom stereocenters. The van der Waals surface area contributed by atoms with E-state index >= 15 is 0 Å². The van der Waals surface area contributed by atoms with Crippen molar-refractivity contribution in [1.29, 1.82) is 5.26 Å². The maximum absolute atomic E-state index is 8.67. The molecular weight excluding hydrogens is 124 g/mol. The third kappa shape index (κ3) is 2.00. The monoisotopic (exact) mass is 138 g/mol. The lowest BCUT2D eigenvalue weighted by Gasteiger charge is -2.12. The summed E-state index contributed by atoms with van der Waals surface area (Å²) in [6.45, 7) is 4.15. The first-order valence-electron chi connectivity index (χ1n) is 3.89. The Morgan fingerprint density at radius 2 is 2.10 bits per heavy atom. The second kappa shape index (κ2) is 3.03. The summed E-state index contributed by atoms with van der Waals surface area (Å²) in [7, 11) is 0. The minimum atomic E-state index is 0.111. The minimum Gasteiger partial charge on any atom is -0.299 e. The van der Waals surface area contributed by atoms with Crippen LogP contribution in [0.2, 0.25) is 0 Å². The molecule has 0 aromatic carbocycles. The molecule has 0 aromatic rings. The highest BCUT2D eigenvalue weighted by Gasteiger charge is 2.31. The van der Waals surface area contributed by atoms with Gasteiger partial charge in [0.15, 0.2) is 0 Å². The second-order valence-corrected chi connectivity index (χ2v) is 3.27. The first kappa shape index (κ1) is 7.56. The van der Waals surface area contributed by atoms with Crippen LogP contribution < -0.4 is 5.32 Å². The predicted molar refractivity (Wildman–Crippen MR) is 40.4 cm³/mol. The molecule has 0 unspecified atom stereocenters. The Kier molecular flexibility index (Phi) is 2.29. The average Bonchev–Trinajstić information content (AvgIpc) is 2.63. The highest BCUT2D eigenvalue weighted by molar-refractivity contribution is 5.00. The smallest absolute Gasteiger partial charge is 0.0983 e. The molecule has 10 heavy (non-hydrogen) atoms. The van der Waals surface area contributed by atoms with Crippen LogP contribution in [0.15, 0.2) is 0 Å². The summed E-state index contributed by atoms with van der Waals surface area (Å²) in [5.74, 6) is 0.646. The van der Waals surface area contributed by atoms with E-state index in [1.807, 2.05) is 0 Å². The summed E-state index contributed by atoms with van der Waals surface area (Å²) in [4.78, 5) is 0. The van der Waals surface area contributed by atoms with Crippen LogP contribution >= 0.6 is 0 Å². The topological polar surface area (TPSA) is 35.8 Å². The Morgan fingerprint density at radius 1 is 1.50 bits per heavy atom. The van der Waals surface area contributed by atoms with Gasteiger partial charge in [0.25, 0.3) is 0 Å². The zero-order valence-electron chi connectivity index (χ0n) is 6.59. The third-order valence-electron chi connectivity index (χ3n) is 1.75. The SMILES string of the molecule is CC(C)N[C@H](C#N)C1CC1. The van der Waals surface area contributed by atoms with E-state index in [1.54, 1.807) is 0 Å². The fourth-order valence-corrected chi connectivity index (χ4v) is 1.07. The van der Waals surface area contributed by atoms with E-state index in [0.29, 0.717) is 12.0 Å². The van der Waals surface area contributed by atoms with Gasteiger partial charge in [-0.1, -0.05) is 0 Å². The van der Waals surface area contributed by atoms with E-state index in [2.05, 4.69) is 25.2 Å². The first-order chi connectivity index (χ1) is 4.74. The van der Waals surface area contributed by atoms with Gasteiger partial charge in [-0.05, 0) is 32.6 Å². The summed E-state index contributed by atoms with van der Waals surface area (Å²) in [5.41, 5.74) is 0. The van der Waals surface area contributed by atoms with Crippen molar-refractivity contribution in [3.63, 3.8) is 0 Å². The number of nitrogens with zero attached hydrogens (tertiary/aromatic N) is 1. The van der Waals surface area contributed by atoms with E-state index in [1.165, 1.54) is 12.8 Å². The van der Waals surface area contributed by atoms with Crippen molar-refractivity contribution in [2.45, 2.75) is 38.8 Å². The number of hydrogen-bond acceptors (Lipinski definition) is 2. The molecule has 2 nitrogen and oxygen atoms in total. The average molecular weight is 138 g/mol. The molecule has 0 bridgehead atoms. The minimum absolute atomic E-state index is 0.111. The molecule has 0 aromatic heterocycles. The maximum atomic E-state index is 8.67. The van der Waals surface area contributed by atoms with Crippen LogP contribution in [0.1, 0.15) is 26.7 Å². The van der Waals surface area contributed by atoms with Gasteiger partial charge in [0.1, 0.15) is 0 Å². The largest absolute Gasteiger partial charge is 0.299 e. The molecule has 2 heteroatoms. The van der Waals surface area contributed by atoms with Gasteiger partial charge < -0.3 is 0 Å². The summed E-state index contributed by atoms with van der Waals surface area (Å²) in [6, 6.07) is 2.83. The Balaban J connectivity index is 2.28. The number of hydrogen-bond donors (Lipinski definition) is 1. The van der Waals surface area contributed by atoms with E-state index in [4.69, 9.17) is 5.26 Å². The molecule has 1 N–H and O–H groups in total. The van der Waals surface area contributed by atoms with Crippen molar-refractivity contribution in [2.75, 3.05) is 0 Å². The summed E-state index contributed by atoms with van der Waals surface area (Å²) < 4.78 is 0. The van der Waals surface area contributed by atoms with Gasteiger partial charge in [-0.15, -0.1) is 0 Å². The first-order valence-corrected chi connectivity index (χ1v) is 3.89. The van der Waals surface area contributed by atoms with Gasteiger partial charge in [-0.25, -0.2) is 0 Å². The van der Waals surface area contributed by atoms with Crippen LogP contribution in [0, 0.1) is 17.2 Å². The molecule has 56 valence electrons. The second-order valence-electron chi connectivity index (χ2n) is 3.27. The molecule has 0 spiro atoms. The van der Waals surface area contributed by atoms with Crippen LogP contribution in [0.3, 0.4) is 0 Å². The molecule has 1 rings (SSSR count). The van der Waals surface area contributed by atoms with Crippen LogP contribution in [0.4, 0.5) is 0 Å². The summed E-state index contributed by atoms with van der Waals surface area (Å²) in [6.07, 6.45) is 2.47. The Bertz CT molecular complexity index is 142. The van der Waals surface area contributed by atoms with Gasteiger partial charge in [-0.3, -0.25) is 5.32 Å². The quantitative estimate of drug-likeness (QED) is 0.637. The van der Waals surface area contributed by atoms with Crippen molar-refractivity contribution in [3.05, 3.63) is 0 Å². The van der Waals surface area contributed by atoms with E-state index in [-0.39, 0.29) is 6.04 Å². The van der Waals surface area contributed by atoms with E-state index < -0.39 is 0 Å². The Morgan fingerprint density at radius 3 is 2.40 bits per heavy atom. The van der Waals surface area contributed by atoms with Crippen molar-refractivity contribution >= 4 is 0 Å². The molecule has 1 aliphatic rings. The summed E-state index contributed by atoms with van der Waals surface area (Å²) >= 11 is 0. The highest BCUT2D eigenvalue weighted by atomic mass is 14.9. The third-order valence-corrected chi connectivity index (χ3v) is 1.75.